The summed E-state index contributed by atoms with van der Waals surface area (Å²) < 4.78 is 5.10. The van der Waals surface area contributed by atoms with E-state index in [1.54, 1.807) is 7.11 Å². The molecule has 1 saturated carbocycles. The molecule has 0 bridgehead atoms. The van der Waals surface area contributed by atoms with Gasteiger partial charge in [-0.05, 0) is 35.8 Å². The quantitative estimate of drug-likeness (QED) is 0.781. The van der Waals surface area contributed by atoms with Gasteiger partial charge in [0.1, 0.15) is 0 Å². The SMILES string of the molecule is CCC1(CNCc2ccc(COC)cc2)CC1. The molecular formula is C15H23NO. The third-order valence-electron chi connectivity index (χ3n) is 3.87. The van der Waals surface area contributed by atoms with Crippen LogP contribution in [-0.4, -0.2) is 13.7 Å². The fraction of sp³-hybridized carbons (Fsp3) is 0.600. The normalized spacial score (nSPS) is 17.1. The lowest BCUT2D eigenvalue weighted by molar-refractivity contribution is 0.185. The van der Waals surface area contributed by atoms with E-state index in [0.29, 0.717) is 12.0 Å². The number of hydrogen-bond donors (Lipinski definition) is 1. The Balaban J connectivity index is 1.75. The molecule has 0 atom stereocenters. The summed E-state index contributed by atoms with van der Waals surface area (Å²) in [7, 11) is 1.73. The molecule has 2 nitrogen and oxygen atoms in total. The van der Waals surface area contributed by atoms with E-state index >= 15 is 0 Å². The first-order chi connectivity index (χ1) is 8.28. The molecule has 1 aromatic rings. The van der Waals surface area contributed by atoms with E-state index in [2.05, 4.69) is 36.5 Å². The summed E-state index contributed by atoms with van der Waals surface area (Å²) in [5.41, 5.74) is 3.23. The Hall–Kier alpha value is -0.860. The Morgan fingerprint density at radius 1 is 1.18 bits per heavy atom. The number of ether oxygens (including phenoxy) is 1. The standard InChI is InChI=1S/C15H23NO/c1-3-15(8-9-15)12-16-10-13-4-6-14(7-5-13)11-17-2/h4-7,16H,3,8-12H2,1-2H3. The van der Waals surface area contributed by atoms with Crippen LogP contribution in [0.15, 0.2) is 24.3 Å². The molecule has 0 saturated heterocycles. The molecule has 0 heterocycles. The minimum Gasteiger partial charge on any atom is -0.380 e. The van der Waals surface area contributed by atoms with E-state index in [4.69, 9.17) is 4.74 Å². The van der Waals surface area contributed by atoms with Gasteiger partial charge in [0, 0.05) is 20.2 Å². The first kappa shape index (κ1) is 12.6. The van der Waals surface area contributed by atoms with Gasteiger partial charge in [-0.3, -0.25) is 0 Å². The van der Waals surface area contributed by atoms with Gasteiger partial charge in [0.25, 0.3) is 0 Å². The highest BCUT2D eigenvalue weighted by atomic mass is 16.5. The first-order valence-electron chi connectivity index (χ1n) is 6.55. The van der Waals surface area contributed by atoms with E-state index in [1.165, 1.54) is 36.9 Å². The van der Waals surface area contributed by atoms with Gasteiger partial charge in [-0.25, -0.2) is 0 Å². The first-order valence-corrected chi connectivity index (χ1v) is 6.55. The summed E-state index contributed by atoms with van der Waals surface area (Å²) in [5, 5.41) is 3.58. The maximum absolute atomic E-state index is 5.10. The van der Waals surface area contributed by atoms with Crippen molar-refractivity contribution in [3.05, 3.63) is 35.4 Å². The van der Waals surface area contributed by atoms with Gasteiger partial charge in [-0.1, -0.05) is 31.2 Å². The smallest absolute Gasteiger partial charge is 0.0713 e. The van der Waals surface area contributed by atoms with Crippen molar-refractivity contribution in [2.24, 2.45) is 5.41 Å². The van der Waals surface area contributed by atoms with Gasteiger partial charge in [-0.15, -0.1) is 0 Å². The van der Waals surface area contributed by atoms with Crippen molar-refractivity contribution in [3.8, 4) is 0 Å². The predicted octanol–water partition coefficient (Wildman–Crippen LogP) is 3.11. The molecule has 2 heteroatoms. The van der Waals surface area contributed by atoms with Crippen LogP contribution in [0.25, 0.3) is 0 Å². The minimum absolute atomic E-state index is 0.635. The van der Waals surface area contributed by atoms with Gasteiger partial charge >= 0.3 is 0 Å². The summed E-state index contributed by atoms with van der Waals surface area (Å²) in [5.74, 6) is 0. The topological polar surface area (TPSA) is 21.3 Å². The van der Waals surface area contributed by atoms with Crippen molar-refractivity contribution < 1.29 is 4.74 Å². The van der Waals surface area contributed by atoms with Crippen LogP contribution in [0.2, 0.25) is 0 Å². The summed E-state index contributed by atoms with van der Waals surface area (Å²) in [6.07, 6.45) is 4.12. The van der Waals surface area contributed by atoms with Crippen molar-refractivity contribution in [2.45, 2.75) is 39.3 Å². The fourth-order valence-corrected chi connectivity index (χ4v) is 2.22. The minimum atomic E-state index is 0.635. The molecular weight excluding hydrogens is 210 g/mol. The van der Waals surface area contributed by atoms with Gasteiger partial charge in [0.2, 0.25) is 0 Å². The van der Waals surface area contributed by atoms with Gasteiger partial charge in [-0.2, -0.15) is 0 Å². The Morgan fingerprint density at radius 2 is 1.82 bits per heavy atom. The average Bonchev–Trinajstić information content (AvgIpc) is 3.13. The second-order valence-corrected chi connectivity index (χ2v) is 5.21. The van der Waals surface area contributed by atoms with Crippen LogP contribution in [0.4, 0.5) is 0 Å². The number of nitrogens with one attached hydrogen (secondary N) is 1. The zero-order valence-electron chi connectivity index (χ0n) is 11.0. The lowest BCUT2D eigenvalue weighted by atomic mass is 10.0. The predicted molar refractivity (Wildman–Crippen MR) is 70.8 cm³/mol. The second kappa shape index (κ2) is 5.65. The van der Waals surface area contributed by atoms with Crippen LogP contribution in [0.1, 0.15) is 37.3 Å². The molecule has 2 rings (SSSR count). The van der Waals surface area contributed by atoms with Crippen molar-refractivity contribution in [1.82, 2.24) is 5.32 Å². The van der Waals surface area contributed by atoms with Crippen molar-refractivity contribution in [3.63, 3.8) is 0 Å². The van der Waals surface area contributed by atoms with Gasteiger partial charge in [0.05, 0.1) is 6.61 Å². The molecule has 0 amide bonds. The Bertz CT molecular complexity index is 340. The molecule has 1 fully saturated rings. The van der Waals surface area contributed by atoms with Crippen LogP contribution in [0, 0.1) is 5.41 Å². The van der Waals surface area contributed by atoms with E-state index in [-0.39, 0.29) is 0 Å². The largest absolute Gasteiger partial charge is 0.380 e. The maximum Gasteiger partial charge on any atom is 0.0713 e. The lowest BCUT2D eigenvalue weighted by Crippen LogP contribution is -2.23. The number of benzene rings is 1. The zero-order valence-corrected chi connectivity index (χ0v) is 11.0. The van der Waals surface area contributed by atoms with Gasteiger partial charge < -0.3 is 10.1 Å². The third kappa shape index (κ3) is 3.55. The van der Waals surface area contributed by atoms with Crippen LogP contribution < -0.4 is 5.32 Å². The Morgan fingerprint density at radius 3 is 2.35 bits per heavy atom. The molecule has 0 spiro atoms. The molecule has 0 aliphatic heterocycles. The van der Waals surface area contributed by atoms with Crippen LogP contribution in [0.5, 0.6) is 0 Å². The molecule has 0 aromatic heterocycles. The van der Waals surface area contributed by atoms with E-state index in [0.717, 1.165) is 6.54 Å². The second-order valence-electron chi connectivity index (χ2n) is 5.21. The highest BCUT2D eigenvalue weighted by Crippen LogP contribution is 2.47. The summed E-state index contributed by atoms with van der Waals surface area (Å²) >= 11 is 0. The van der Waals surface area contributed by atoms with E-state index < -0.39 is 0 Å². The van der Waals surface area contributed by atoms with E-state index in [9.17, 15) is 0 Å². The highest BCUT2D eigenvalue weighted by Gasteiger charge is 2.39. The maximum atomic E-state index is 5.10. The van der Waals surface area contributed by atoms with Crippen molar-refractivity contribution in [2.75, 3.05) is 13.7 Å². The van der Waals surface area contributed by atoms with Crippen LogP contribution >= 0.6 is 0 Å². The number of hydrogen-bond acceptors (Lipinski definition) is 2. The molecule has 94 valence electrons. The van der Waals surface area contributed by atoms with Crippen LogP contribution in [0.3, 0.4) is 0 Å². The van der Waals surface area contributed by atoms with Gasteiger partial charge in [0.15, 0.2) is 0 Å². The third-order valence-corrected chi connectivity index (χ3v) is 3.87. The Labute approximate surface area is 104 Å². The molecule has 0 unspecified atom stereocenters. The summed E-state index contributed by atoms with van der Waals surface area (Å²) in [6, 6.07) is 8.67. The average molecular weight is 233 g/mol. The number of methoxy groups -OCH3 is 1. The zero-order chi connectivity index (χ0) is 12.1. The van der Waals surface area contributed by atoms with Crippen LogP contribution in [-0.2, 0) is 17.9 Å². The highest BCUT2D eigenvalue weighted by molar-refractivity contribution is 5.22. The summed E-state index contributed by atoms with van der Waals surface area (Å²) in [6.45, 7) is 5.15. The Kier molecular flexibility index (Phi) is 4.19. The molecule has 1 aliphatic rings. The van der Waals surface area contributed by atoms with E-state index in [1.807, 2.05) is 0 Å². The molecule has 1 aliphatic carbocycles. The fourth-order valence-electron chi connectivity index (χ4n) is 2.22. The molecule has 0 radical (unpaired) electrons. The molecule has 1 aromatic carbocycles. The monoisotopic (exact) mass is 233 g/mol. The number of rotatable bonds is 7. The molecule has 1 N–H and O–H groups in total. The summed E-state index contributed by atoms with van der Waals surface area (Å²) in [4.78, 5) is 0. The van der Waals surface area contributed by atoms with Crippen molar-refractivity contribution >= 4 is 0 Å². The molecule has 17 heavy (non-hydrogen) atoms. The lowest BCUT2D eigenvalue weighted by Gasteiger charge is -2.13. The van der Waals surface area contributed by atoms with Crippen molar-refractivity contribution in [1.29, 1.82) is 0 Å².